The van der Waals surface area contributed by atoms with Crippen molar-refractivity contribution in [2.75, 3.05) is 24.3 Å². The molecule has 1 saturated heterocycles. The van der Waals surface area contributed by atoms with E-state index in [-0.39, 0.29) is 6.04 Å². The van der Waals surface area contributed by atoms with Gasteiger partial charge in [0.25, 0.3) is 0 Å². The van der Waals surface area contributed by atoms with Crippen molar-refractivity contribution in [1.82, 2.24) is 15.1 Å². The Morgan fingerprint density at radius 2 is 2.25 bits per heavy atom. The second-order valence-electron chi connectivity index (χ2n) is 5.05. The molecule has 0 spiro atoms. The molecule has 2 rings (SSSR count). The number of rotatable bonds is 7. The highest BCUT2D eigenvalue weighted by Gasteiger charge is 2.32. The first kappa shape index (κ1) is 16.2. The zero-order valence-corrected chi connectivity index (χ0v) is 14.4. The lowest BCUT2D eigenvalue weighted by Gasteiger charge is -2.26. The Balaban J connectivity index is 2.03. The molecule has 1 aromatic heterocycles. The smallest absolute Gasteiger partial charge is 0.174 e. The quantitative estimate of drug-likeness (QED) is 0.711. The van der Waals surface area contributed by atoms with Crippen LogP contribution in [0.5, 0.6) is 0 Å². The van der Waals surface area contributed by atoms with Crippen molar-refractivity contribution in [2.24, 2.45) is 0 Å². The molecule has 0 N–H and O–H groups in total. The molecule has 0 aliphatic carbocycles. The molecule has 0 amide bonds. The molecule has 20 heavy (non-hydrogen) atoms. The maximum atomic E-state index is 11.7. The predicted octanol–water partition coefficient (Wildman–Crippen LogP) is 2.05. The third-order valence-electron chi connectivity index (χ3n) is 3.48. The first-order valence-electron chi connectivity index (χ1n) is 6.85. The monoisotopic (exact) mass is 335 g/mol. The lowest BCUT2D eigenvalue weighted by Crippen LogP contribution is -2.36. The molecule has 0 radical (unpaired) electrons. The fourth-order valence-electron chi connectivity index (χ4n) is 2.37. The normalized spacial score (nSPS) is 21.6. The summed E-state index contributed by atoms with van der Waals surface area (Å²) in [5, 5.41) is 9.29. The Morgan fingerprint density at radius 1 is 1.45 bits per heavy atom. The Morgan fingerprint density at radius 3 is 2.80 bits per heavy atom. The summed E-state index contributed by atoms with van der Waals surface area (Å²) in [6.07, 6.45) is 4.94. The van der Waals surface area contributed by atoms with Crippen LogP contribution >= 0.6 is 23.1 Å². The van der Waals surface area contributed by atoms with Crippen LogP contribution in [0.1, 0.15) is 31.2 Å². The minimum atomic E-state index is -2.84. The summed E-state index contributed by atoms with van der Waals surface area (Å²) in [4.78, 5) is 2.28. The van der Waals surface area contributed by atoms with Gasteiger partial charge in [0.05, 0.1) is 18.1 Å². The van der Waals surface area contributed by atoms with Crippen molar-refractivity contribution in [2.45, 2.75) is 43.1 Å². The molecule has 1 aliphatic rings. The van der Waals surface area contributed by atoms with Crippen LogP contribution in [0, 0.1) is 0 Å². The highest BCUT2D eigenvalue weighted by Crippen LogP contribution is 2.24. The largest absolute Gasteiger partial charge is 0.293 e. The second-order valence-corrected chi connectivity index (χ2v) is 9.39. The molecule has 1 unspecified atom stereocenters. The summed E-state index contributed by atoms with van der Waals surface area (Å²) in [5.74, 6) is 0.622. The second kappa shape index (κ2) is 7.20. The van der Waals surface area contributed by atoms with Crippen LogP contribution < -0.4 is 0 Å². The number of aromatic nitrogens is 2. The van der Waals surface area contributed by atoms with Crippen LogP contribution in [0.2, 0.25) is 0 Å². The van der Waals surface area contributed by atoms with Crippen LogP contribution in [-0.4, -0.2) is 53.9 Å². The van der Waals surface area contributed by atoms with Gasteiger partial charge in [-0.2, -0.15) is 0 Å². The van der Waals surface area contributed by atoms with Gasteiger partial charge in [-0.1, -0.05) is 36.4 Å². The van der Waals surface area contributed by atoms with Crippen LogP contribution in [0.3, 0.4) is 0 Å². The van der Waals surface area contributed by atoms with E-state index in [1.807, 2.05) is 6.26 Å². The lowest BCUT2D eigenvalue weighted by atomic mass is 10.2. The molecule has 2 heterocycles. The molecule has 1 aromatic rings. The van der Waals surface area contributed by atoms with Gasteiger partial charge in [-0.3, -0.25) is 4.90 Å². The minimum absolute atomic E-state index is 0.146. The molecular formula is C12H21N3O2S3. The topological polar surface area (TPSA) is 63.2 Å². The van der Waals surface area contributed by atoms with E-state index in [1.165, 1.54) is 0 Å². The van der Waals surface area contributed by atoms with Gasteiger partial charge in [-0.05, 0) is 25.6 Å². The molecule has 0 aromatic carbocycles. The van der Waals surface area contributed by atoms with Crippen molar-refractivity contribution in [3.63, 3.8) is 0 Å². The number of nitrogens with zero attached hydrogens (tertiary/aromatic N) is 3. The Kier molecular flexibility index (Phi) is 5.83. The van der Waals surface area contributed by atoms with Crippen LogP contribution in [-0.2, 0) is 16.4 Å². The highest BCUT2D eigenvalue weighted by atomic mass is 32.2. The van der Waals surface area contributed by atoms with Gasteiger partial charge in [-0.25, -0.2) is 8.42 Å². The first-order valence-corrected chi connectivity index (χ1v) is 10.7. The lowest BCUT2D eigenvalue weighted by molar-refractivity contribution is 0.199. The molecule has 5 nitrogen and oxygen atoms in total. The van der Waals surface area contributed by atoms with Crippen LogP contribution in [0.15, 0.2) is 4.34 Å². The average molecular weight is 336 g/mol. The number of unbranched alkanes of at least 4 members (excludes halogenated alkanes) is 1. The molecule has 1 aliphatic heterocycles. The van der Waals surface area contributed by atoms with Gasteiger partial charge >= 0.3 is 0 Å². The van der Waals surface area contributed by atoms with E-state index in [0.29, 0.717) is 11.5 Å². The van der Waals surface area contributed by atoms with Crippen molar-refractivity contribution in [3.05, 3.63) is 5.01 Å². The molecule has 1 fully saturated rings. The number of hydrogen-bond donors (Lipinski definition) is 0. The molecule has 0 saturated carbocycles. The zero-order chi connectivity index (χ0) is 14.6. The van der Waals surface area contributed by atoms with Crippen molar-refractivity contribution >= 4 is 32.9 Å². The number of hydrogen-bond acceptors (Lipinski definition) is 7. The molecule has 8 heteroatoms. The van der Waals surface area contributed by atoms with Crippen molar-refractivity contribution in [3.8, 4) is 0 Å². The Labute approximate surface area is 129 Å². The zero-order valence-electron chi connectivity index (χ0n) is 11.9. The summed E-state index contributed by atoms with van der Waals surface area (Å²) in [6.45, 7) is 3.81. The fraction of sp³-hybridized carbons (Fsp3) is 0.833. The Bertz CT molecular complexity index is 530. The molecule has 0 bridgehead atoms. The van der Waals surface area contributed by atoms with E-state index in [0.717, 1.165) is 41.7 Å². The van der Waals surface area contributed by atoms with Gasteiger partial charge < -0.3 is 0 Å². The minimum Gasteiger partial charge on any atom is -0.293 e. The third kappa shape index (κ3) is 4.41. The van der Waals surface area contributed by atoms with Gasteiger partial charge in [-0.15, -0.1) is 10.2 Å². The van der Waals surface area contributed by atoms with Crippen molar-refractivity contribution in [1.29, 1.82) is 0 Å². The highest BCUT2D eigenvalue weighted by molar-refractivity contribution is 8.00. The number of sulfone groups is 1. The first-order chi connectivity index (χ1) is 9.54. The maximum Gasteiger partial charge on any atom is 0.174 e. The van der Waals surface area contributed by atoms with Gasteiger partial charge in [0.15, 0.2) is 14.2 Å². The summed E-state index contributed by atoms with van der Waals surface area (Å²) in [5.41, 5.74) is 0. The van der Waals surface area contributed by atoms with Crippen molar-refractivity contribution < 1.29 is 8.42 Å². The predicted molar refractivity (Wildman–Crippen MR) is 84.1 cm³/mol. The van der Waals surface area contributed by atoms with Gasteiger partial charge in [0, 0.05) is 6.04 Å². The summed E-state index contributed by atoms with van der Waals surface area (Å²) < 4.78 is 24.3. The van der Waals surface area contributed by atoms with E-state index in [4.69, 9.17) is 0 Å². The average Bonchev–Trinajstić information content (AvgIpc) is 3.00. The SMILES string of the molecule is CCCCN(Cc1nnc(SC)s1)C1CCS(=O)(=O)C1. The Hall–Kier alpha value is -0.180. The van der Waals surface area contributed by atoms with Crippen LogP contribution in [0.4, 0.5) is 0 Å². The van der Waals surface area contributed by atoms with Gasteiger partial charge in [0.2, 0.25) is 0 Å². The van der Waals surface area contributed by atoms with E-state index in [2.05, 4.69) is 22.0 Å². The van der Waals surface area contributed by atoms with Gasteiger partial charge in [0.1, 0.15) is 5.01 Å². The summed E-state index contributed by atoms with van der Waals surface area (Å²) in [6, 6.07) is 0.146. The number of thioether (sulfide) groups is 1. The van der Waals surface area contributed by atoms with E-state index >= 15 is 0 Å². The summed E-state index contributed by atoms with van der Waals surface area (Å²) >= 11 is 3.20. The van der Waals surface area contributed by atoms with Crippen LogP contribution in [0.25, 0.3) is 0 Å². The molecular weight excluding hydrogens is 314 g/mol. The third-order valence-corrected chi connectivity index (χ3v) is 7.12. The van der Waals surface area contributed by atoms with E-state index in [9.17, 15) is 8.42 Å². The standard InChI is InChI=1S/C12H21N3O2S3/c1-3-4-6-15(10-5-7-20(16,17)9-10)8-11-13-14-12(18-2)19-11/h10H,3-9H2,1-2H3. The molecule has 1 atom stereocenters. The fourth-order valence-corrected chi connectivity index (χ4v) is 5.47. The summed E-state index contributed by atoms with van der Waals surface area (Å²) in [7, 11) is -2.84. The maximum absolute atomic E-state index is 11.7. The van der Waals surface area contributed by atoms with E-state index < -0.39 is 9.84 Å². The molecule has 114 valence electrons. The van der Waals surface area contributed by atoms with E-state index in [1.54, 1.807) is 23.1 Å².